The molecule has 2 nitrogen and oxygen atoms in total. The third-order valence-corrected chi connectivity index (χ3v) is 3.55. The van der Waals surface area contributed by atoms with Gasteiger partial charge in [-0.25, -0.2) is 4.98 Å². The second kappa shape index (κ2) is 5.03. The molecule has 0 bridgehead atoms. The summed E-state index contributed by atoms with van der Waals surface area (Å²) < 4.78 is 12.0. The fourth-order valence-corrected chi connectivity index (χ4v) is 2.55. The average molecular weight is 231 g/mol. The van der Waals surface area contributed by atoms with Crippen LogP contribution in [0.2, 0.25) is 0 Å². The largest absolute Gasteiger partial charge is 0.252 e. The van der Waals surface area contributed by atoms with Crippen LogP contribution < -0.4 is 0 Å². The van der Waals surface area contributed by atoms with Crippen molar-refractivity contribution in [1.29, 1.82) is 0 Å². The number of aryl methyl sites for hydroxylation is 1. The molecule has 16 heavy (non-hydrogen) atoms. The molecule has 0 fully saturated rings. The summed E-state index contributed by atoms with van der Waals surface area (Å²) >= 11 is 0. The van der Waals surface area contributed by atoms with Crippen LogP contribution in [0.15, 0.2) is 53.7 Å². The second-order valence-electron chi connectivity index (χ2n) is 3.65. The Morgan fingerprint density at radius 1 is 1.19 bits per heavy atom. The summed E-state index contributed by atoms with van der Waals surface area (Å²) in [6, 6.07) is 13.6. The van der Waals surface area contributed by atoms with Gasteiger partial charge in [-0.15, -0.1) is 0 Å². The van der Waals surface area contributed by atoms with Gasteiger partial charge in [0, 0.05) is 6.20 Å². The van der Waals surface area contributed by atoms with Crippen LogP contribution in [-0.4, -0.2) is 9.19 Å². The molecule has 0 N–H and O–H groups in total. The lowest BCUT2D eigenvalue weighted by molar-refractivity contribution is 0.680. The van der Waals surface area contributed by atoms with E-state index in [1.54, 1.807) is 12.3 Å². The van der Waals surface area contributed by atoms with E-state index in [1.807, 2.05) is 37.3 Å². The van der Waals surface area contributed by atoms with Crippen molar-refractivity contribution in [1.82, 2.24) is 4.98 Å². The molecule has 1 heterocycles. The van der Waals surface area contributed by atoms with Crippen molar-refractivity contribution in [3.63, 3.8) is 0 Å². The Hall–Kier alpha value is -1.48. The third kappa shape index (κ3) is 2.76. The molecule has 0 aliphatic carbocycles. The lowest BCUT2D eigenvalue weighted by Crippen LogP contribution is -1.98. The molecule has 1 unspecified atom stereocenters. The van der Waals surface area contributed by atoms with E-state index in [-0.39, 0.29) is 0 Å². The van der Waals surface area contributed by atoms with Crippen molar-refractivity contribution < 1.29 is 4.21 Å². The molecule has 82 valence electrons. The molecular formula is C13H13NOS. The Morgan fingerprint density at radius 2 is 2.06 bits per heavy atom. The van der Waals surface area contributed by atoms with Crippen molar-refractivity contribution >= 4 is 10.8 Å². The molecule has 2 rings (SSSR count). The molecule has 0 aliphatic heterocycles. The number of nitrogens with zero attached hydrogens (tertiary/aromatic N) is 1. The quantitative estimate of drug-likeness (QED) is 0.813. The van der Waals surface area contributed by atoms with E-state index in [0.717, 1.165) is 5.56 Å². The zero-order chi connectivity index (χ0) is 11.4. The van der Waals surface area contributed by atoms with Crippen LogP contribution in [0.1, 0.15) is 11.1 Å². The molecule has 2 aromatic rings. The minimum atomic E-state index is -1.05. The molecule has 0 saturated heterocycles. The Labute approximate surface area is 97.8 Å². The van der Waals surface area contributed by atoms with Crippen molar-refractivity contribution in [2.24, 2.45) is 0 Å². The number of hydrogen-bond acceptors (Lipinski definition) is 2. The standard InChI is InChI=1S/C13H13NOS/c1-11-5-4-6-12(9-11)10-16(15)13-7-2-3-8-14-13/h2-9H,10H2,1H3. The van der Waals surface area contributed by atoms with Gasteiger partial charge in [-0.3, -0.25) is 4.21 Å². The maximum atomic E-state index is 12.0. The summed E-state index contributed by atoms with van der Waals surface area (Å²) in [5, 5.41) is 0.643. The van der Waals surface area contributed by atoms with Crippen molar-refractivity contribution in [3.8, 4) is 0 Å². The minimum Gasteiger partial charge on any atom is -0.252 e. The van der Waals surface area contributed by atoms with Gasteiger partial charge in [0.1, 0.15) is 5.03 Å². The smallest absolute Gasteiger partial charge is 0.127 e. The van der Waals surface area contributed by atoms with Gasteiger partial charge < -0.3 is 0 Å². The van der Waals surface area contributed by atoms with Gasteiger partial charge in [0.15, 0.2) is 0 Å². The highest BCUT2D eigenvalue weighted by Crippen LogP contribution is 2.11. The van der Waals surface area contributed by atoms with Crippen molar-refractivity contribution in [3.05, 3.63) is 59.8 Å². The fraction of sp³-hybridized carbons (Fsp3) is 0.154. The molecular weight excluding hydrogens is 218 g/mol. The maximum absolute atomic E-state index is 12.0. The summed E-state index contributed by atoms with van der Waals surface area (Å²) in [5.41, 5.74) is 2.28. The lowest BCUT2D eigenvalue weighted by Gasteiger charge is -2.02. The number of rotatable bonds is 3. The highest BCUT2D eigenvalue weighted by molar-refractivity contribution is 7.84. The van der Waals surface area contributed by atoms with Crippen LogP contribution in [0.25, 0.3) is 0 Å². The first-order chi connectivity index (χ1) is 7.75. The molecule has 3 heteroatoms. The van der Waals surface area contributed by atoms with Crippen molar-refractivity contribution in [2.45, 2.75) is 17.7 Å². The second-order valence-corrected chi connectivity index (χ2v) is 5.04. The monoisotopic (exact) mass is 231 g/mol. The van der Waals surface area contributed by atoms with E-state index in [4.69, 9.17) is 0 Å². The summed E-state index contributed by atoms with van der Waals surface area (Å²) in [7, 11) is -1.05. The van der Waals surface area contributed by atoms with E-state index >= 15 is 0 Å². The Morgan fingerprint density at radius 3 is 2.75 bits per heavy atom. The first kappa shape index (κ1) is 11.0. The number of hydrogen-bond donors (Lipinski definition) is 0. The topological polar surface area (TPSA) is 30.0 Å². The summed E-state index contributed by atoms with van der Waals surface area (Å²) in [6.45, 7) is 2.03. The highest BCUT2D eigenvalue weighted by Gasteiger charge is 2.05. The van der Waals surface area contributed by atoms with Gasteiger partial charge in [0.2, 0.25) is 0 Å². The Balaban J connectivity index is 2.14. The fourth-order valence-electron chi connectivity index (χ4n) is 1.51. The third-order valence-electron chi connectivity index (χ3n) is 2.25. The van der Waals surface area contributed by atoms with E-state index < -0.39 is 10.8 Å². The highest BCUT2D eigenvalue weighted by atomic mass is 32.2. The molecule has 1 aromatic heterocycles. The molecule has 0 amide bonds. The zero-order valence-corrected chi connectivity index (χ0v) is 9.91. The molecule has 0 spiro atoms. The number of aromatic nitrogens is 1. The first-order valence-corrected chi connectivity index (χ1v) is 6.42. The molecule has 0 radical (unpaired) electrons. The average Bonchev–Trinajstić information content (AvgIpc) is 2.30. The summed E-state index contributed by atoms with van der Waals surface area (Å²) in [6.07, 6.45) is 1.67. The van der Waals surface area contributed by atoms with E-state index in [2.05, 4.69) is 11.1 Å². The van der Waals surface area contributed by atoms with Gasteiger partial charge in [0.05, 0.1) is 16.6 Å². The molecule has 0 aliphatic rings. The van der Waals surface area contributed by atoms with E-state index in [1.165, 1.54) is 5.56 Å². The molecule has 1 aromatic carbocycles. The van der Waals surface area contributed by atoms with Crippen LogP contribution in [0, 0.1) is 6.92 Å². The molecule has 1 atom stereocenters. The normalized spacial score (nSPS) is 12.3. The Kier molecular flexibility index (Phi) is 3.47. The van der Waals surface area contributed by atoms with Crippen LogP contribution >= 0.6 is 0 Å². The van der Waals surface area contributed by atoms with Gasteiger partial charge in [-0.05, 0) is 24.6 Å². The predicted molar refractivity (Wildman–Crippen MR) is 65.5 cm³/mol. The van der Waals surface area contributed by atoms with E-state index in [0.29, 0.717) is 10.8 Å². The van der Waals surface area contributed by atoms with Gasteiger partial charge in [-0.2, -0.15) is 0 Å². The SMILES string of the molecule is Cc1cccc(CS(=O)c2ccccn2)c1. The van der Waals surface area contributed by atoms with Gasteiger partial charge in [-0.1, -0.05) is 35.9 Å². The van der Waals surface area contributed by atoms with Gasteiger partial charge >= 0.3 is 0 Å². The van der Waals surface area contributed by atoms with Crippen molar-refractivity contribution in [2.75, 3.05) is 0 Å². The van der Waals surface area contributed by atoms with Crippen LogP contribution in [0.5, 0.6) is 0 Å². The number of pyridine rings is 1. The summed E-state index contributed by atoms with van der Waals surface area (Å²) in [5.74, 6) is 0.526. The maximum Gasteiger partial charge on any atom is 0.127 e. The minimum absolute atomic E-state index is 0.526. The van der Waals surface area contributed by atoms with E-state index in [9.17, 15) is 4.21 Å². The van der Waals surface area contributed by atoms with Gasteiger partial charge in [0.25, 0.3) is 0 Å². The summed E-state index contributed by atoms with van der Waals surface area (Å²) in [4.78, 5) is 4.10. The lowest BCUT2D eigenvalue weighted by atomic mass is 10.2. The van der Waals surface area contributed by atoms with Crippen LogP contribution in [0.3, 0.4) is 0 Å². The Bertz CT molecular complexity index is 496. The van der Waals surface area contributed by atoms with Crippen LogP contribution in [-0.2, 0) is 16.6 Å². The number of benzene rings is 1. The predicted octanol–water partition coefficient (Wildman–Crippen LogP) is 2.70. The van der Waals surface area contributed by atoms with Crippen LogP contribution in [0.4, 0.5) is 0 Å². The molecule has 0 saturated carbocycles. The first-order valence-electron chi connectivity index (χ1n) is 5.10. The zero-order valence-electron chi connectivity index (χ0n) is 9.09.